The molecule has 1 aromatic carbocycles. The zero-order valence-electron chi connectivity index (χ0n) is 21.9. The maximum atomic E-state index is 12.2. The van der Waals surface area contributed by atoms with Crippen molar-refractivity contribution in [3.8, 4) is 11.5 Å². The van der Waals surface area contributed by atoms with Gasteiger partial charge in [-0.25, -0.2) is 0 Å². The smallest absolute Gasteiger partial charge is 0.310 e. The lowest BCUT2D eigenvalue weighted by molar-refractivity contribution is -0.139. The number of esters is 1. The Labute approximate surface area is 209 Å². The molecule has 1 aromatic rings. The summed E-state index contributed by atoms with van der Waals surface area (Å²) in [6.07, 6.45) is 10.2. The summed E-state index contributed by atoms with van der Waals surface area (Å²) in [5.74, 6) is -0.741. The van der Waals surface area contributed by atoms with Gasteiger partial charge in [0.05, 0.1) is 13.5 Å². The van der Waals surface area contributed by atoms with Gasteiger partial charge in [0, 0.05) is 11.1 Å². The van der Waals surface area contributed by atoms with E-state index in [1.807, 2.05) is 32.9 Å². The molecule has 0 spiro atoms. The predicted molar refractivity (Wildman–Crippen MR) is 139 cm³/mol. The number of carbonyl (C=O) groups is 2. The number of hydrogen-bond acceptors (Lipinski definition) is 6. The first-order chi connectivity index (χ1) is 16.4. The molecule has 0 bridgehead atoms. The van der Waals surface area contributed by atoms with Gasteiger partial charge in [-0.1, -0.05) is 34.9 Å². The zero-order valence-corrected chi connectivity index (χ0v) is 21.9. The molecule has 192 valence electrons. The van der Waals surface area contributed by atoms with Gasteiger partial charge in [0.2, 0.25) is 0 Å². The SMILES string of the molecule is COC(=O)Cc1cc(O)cc(C/C=C(\C)CC/C=C(\C)CC/C=C(\C)C(=O)[C@@H](O)C=C(C)C)c1O. The lowest BCUT2D eigenvalue weighted by Crippen LogP contribution is -2.18. The number of ether oxygens (including phenoxy) is 1. The Hall–Kier alpha value is -3.12. The van der Waals surface area contributed by atoms with Crippen molar-refractivity contribution in [2.75, 3.05) is 7.11 Å². The van der Waals surface area contributed by atoms with E-state index in [4.69, 9.17) is 0 Å². The number of aromatic hydroxyl groups is 2. The Morgan fingerprint density at radius 3 is 2.09 bits per heavy atom. The highest BCUT2D eigenvalue weighted by Crippen LogP contribution is 2.29. The fourth-order valence-corrected chi connectivity index (χ4v) is 3.54. The van der Waals surface area contributed by atoms with Gasteiger partial charge < -0.3 is 20.1 Å². The van der Waals surface area contributed by atoms with Crippen molar-refractivity contribution in [2.24, 2.45) is 0 Å². The van der Waals surface area contributed by atoms with Gasteiger partial charge in [-0.05, 0) is 90.5 Å². The number of rotatable bonds is 13. The lowest BCUT2D eigenvalue weighted by Gasteiger charge is -2.10. The van der Waals surface area contributed by atoms with Crippen LogP contribution < -0.4 is 0 Å². The van der Waals surface area contributed by atoms with E-state index >= 15 is 0 Å². The van der Waals surface area contributed by atoms with Gasteiger partial charge >= 0.3 is 5.97 Å². The number of hydrogen-bond donors (Lipinski definition) is 3. The molecule has 6 nitrogen and oxygen atoms in total. The second-order valence-corrected chi connectivity index (χ2v) is 9.19. The van der Waals surface area contributed by atoms with E-state index in [2.05, 4.69) is 17.7 Å². The fraction of sp³-hybridized carbons (Fsp3) is 0.448. The summed E-state index contributed by atoms with van der Waals surface area (Å²) < 4.78 is 4.64. The summed E-state index contributed by atoms with van der Waals surface area (Å²) in [5.41, 5.74) is 4.77. The molecule has 3 N–H and O–H groups in total. The van der Waals surface area contributed by atoms with Crippen LogP contribution in [0.2, 0.25) is 0 Å². The van der Waals surface area contributed by atoms with Gasteiger partial charge in [-0.3, -0.25) is 9.59 Å². The molecule has 0 aliphatic carbocycles. The minimum absolute atomic E-state index is 0.00116. The van der Waals surface area contributed by atoms with E-state index in [1.165, 1.54) is 24.8 Å². The Morgan fingerprint density at radius 1 is 0.914 bits per heavy atom. The van der Waals surface area contributed by atoms with Gasteiger partial charge in [-0.2, -0.15) is 0 Å². The molecule has 0 unspecified atom stereocenters. The van der Waals surface area contributed by atoms with Crippen LogP contribution in [0, 0.1) is 0 Å². The van der Waals surface area contributed by atoms with E-state index in [9.17, 15) is 24.9 Å². The average molecular weight is 485 g/mol. The van der Waals surface area contributed by atoms with E-state index in [-0.39, 0.29) is 23.7 Å². The monoisotopic (exact) mass is 484 g/mol. The number of aliphatic hydroxyl groups is 1. The van der Waals surface area contributed by atoms with Crippen molar-refractivity contribution in [1.82, 2.24) is 0 Å². The standard InChI is InChI=1S/C29H40O6/c1-19(2)15-26(31)28(33)22(5)12-8-11-20(3)9-7-10-21(4)13-14-23-16-25(30)17-24(29(23)34)18-27(32)35-6/h9,12-13,15-17,26,30-31,34H,7-8,10-11,14,18H2,1-6H3/b20-9+,21-13+,22-12+/t26-/m0/s1. The Bertz CT molecular complexity index is 1010. The first-order valence-corrected chi connectivity index (χ1v) is 11.9. The Balaban J connectivity index is 2.60. The highest BCUT2D eigenvalue weighted by molar-refractivity contribution is 5.99. The Kier molecular flexibility index (Phi) is 12.8. The van der Waals surface area contributed by atoms with Crippen molar-refractivity contribution in [2.45, 2.75) is 79.2 Å². The van der Waals surface area contributed by atoms with Gasteiger partial charge in [0.25, 0.3) is 0 Å². The molecule has 0 saturated carbocycles. The van der Waals surface area contributed by atoms with Crippen molar-refractivity contribution in [1.29, 1.82) is 0 Å². The van der Waals surface area contributed by atoms with Crippen LogP contribution in [0.5, 0.6) is 11.5 Å². The zero-order chi connectivity index (χ0) is 26.5. The number of methoxy groups -OCH3 is 1. The first-order valence-electron chi connectivity index (χ1n) is 11.9. The van der Waals surface area contributed by atoms with Crippen LogP contribution in [-0.4, -0.2) is 40.3 Å². The largest absolute Gasteiger partial charge is 0.508 e. The third-order valence-electron chi connectivity index (χ3n) is 5.65. The third kappa shape index (κ3) is 11.2. The van der Waals surface area contributed by atoms with Crippen LogP contribution in [0.3, 0.4) is 0 Å². The van der Waals surface area contributed by atoms with Crippen molar-refractivity contribution in [3.05, 3.63) is 69.9 Å². The number of phenols is 2. The topological polar surface area (TPSA) is 104 Å². The van der Waals surface area contributed by atoms with Crippen LogP contribution in [0.25, 0.3) is 0 Å². The lowest BCUT2D eigenvalue weighted by atomic mass is 10.0. The number of phenolic OH excluding ortho intramolecular Hbond substituents is 2. The molecule has 35 heavy (non-hydrogen) atoms. The molecule has 0 radical (unpaired) electrons. The molecule has 1 atom stereocenters. The number of carbonyl (C=O) groups excluding carboxylic acids is 2. The second-order valence-electron chi connectivity index (χ2n) is 9.19. The minimum atomic E-state index is -1.08. The Morgan fingerprint density at radius 2 is 1.49 bits per heavy atom. The molecule has 0 aliphatic rings. The number of allylic oxidation sites excluding steroid dienone is 6. The molecule has 0 aliphatic heterocycles. The number of ketones is 1. The molecule has 6 heteroatoms. The number of aliphatic hydroxyl groups excluding tert-OH is 1. The summed E-state index contributed by atoms with van der Waals surface area (Å²) in [4.78, 5) is 23.7. The number of benzene rings is 1. The molecule has 0 amide bonds. The third-order valence-corrected chi connectivity index (χ3v) is 5.65. The maximum Gasteiger partial charge on any atom is 0.310 e. The summed E-state index contributed by atoms with van der Waals surface area (Å²) in [6.45, 7) is 9.52. The van der Waals surface area contributed by atoms with Crippen LogP contribution in [0.15, 0.2) is 58.7 Å². The molecule has 1 rings (SSSR count). The van der Waals surface area contributed by atoms with Crippen molar-refractivity contribution in [3.63, 3.8) is 0 Å². The molecule has 0 fully saturated rings. The normalized spacial score (nSPS) is 13.4. The van der Waals surface area contributed by atoms with Gasteiger partial charge in [-0.15, -0.1) is 0 Å². The highest BCUT2D eigenvalue weighted by atomic mass is 16.5. The van der Waals surface area contributed by atoms with Crippen LogP contribution in [-0.2, 0) is 27.2 Å². The molecule has 0 heterocycles. The van der Waals surface area contributed by atoms with E-state index < -0.39 is 12.1 Å². The average Bonchev–Trinajstić information content (AvgIpc) is 2.78. The second kappa shape index (κ2) is 15.0. The van der Waals surface area contributed by atoms with Crippen LogP contribution in [0.4, 0.5) is 0 Å². The van der Waals surface area contributed by atoms with Gasteiger partial charge in [0.15, 0.2) is 5.78 Å². The predicted octanol–water partition coefficient (Wildman–Crippen LogP) is 5.65. The van der Waals surface area contributed by atoms with Crippen LogP contribution >= 0.6 is 0 Å². The van der Waals surface area contributed by atoms with Crippen LogP contribution in [0.1, 0.15) is 71.4 Å². The summed E-state index contributed by atoms with van der Waals surface area (Å²) in [7, 11) is 1.28. The summed E-state index contributed by atoms with van der Waals surface area (Å²) >= 11 is 0. The quantitative estimate of drug-likeness (QED) is 0.145. The van der Waals surface area contributed by atoms with E-state index in [1.54, 1.807) is 13.0 Å². The van der Waals surface area contributed by atoms with Gasteiger partial charge in [0.1, 0.15) is 17.6 Å². The van der Waals surface area contributed by atoms with Crippen molar-refractivity contribution < 1.29 is 29.6 Å². The molecule has 0 aromatic heterocycles. The minimum Gasteiger partial charge on any atom is -0.508 e. The summed E-state index contributed by atoms with van der Waals surface area (Å²) in [5, 5.41) is 30.3. The van der Waals surface area contributed by atoms with Crippen molar-refractivity contribution >= 4 is 11.8 Å². The molecule has 0 saturated heterocycles. The number of Topliss-reactive ketones (excluding diaryl/α,β-unsaturated/α-hetero) is 1. The van der Waals surface area contributed by atoms with E-state index in [0.717, 1.165) is 36.8 Å². The first kappa shape index (κ1) is 29.9. The highest BCUT2D eigenvalue weighted by Gasteiger charge is 2.14. The van der Waals surface area contributed by atoms with E-state index in [0.29, 0.717) is 23.1 Å². The summed E-state index contributed by atoms with van der Waals surface area (Å²) in [6, 6.07) is 2.88. The molecular weight excluding hydrogens is 444 g/mol. The maximum absolute atomic E-state index is 12.2. The fourth-order valence-electron chi connectivity index (χ4n) is 3.54. The molecular formula is C29H40O6.